The van der Waals surface area contributed by atoms with Crippen LogP contribution in [0.1, 0.15) is 28.5 Å². The summed E-state index contributed by atoms with van der Waals surface area (Å²) in [5, 5.41) is 0. The van der Waals surface area contributed by atoms with Crippen molar-refractivity contribution in [2.24, 2.45) is 0 Å². The molecule has 1 aliphatic rings. The van der Waals surface area contributed by atoms with Gasteiger partial charge in [-0.1, -0.05) is 0 Å². The van der Waals surface area contributed by atoms with Gasteiger partial charge in [0, 0.05) is 37.0 Å². The predicted octanol–water partition coefficient (Wildman–Crippen LogP) is 1.27. The maximum absolute atomic E-state index is 11.2. The molecule has 0 spiro atoms. The molecule has 74 valence electrons. The summed E-state index contributed by atoms with van der Waals surface area (Å²) in [4.78, 5) is 17.7. The molecule has 0 aliphatic carbocycles. The van der Waals surface area contributed by atoms with Crippen molar-refractivity contribution in [3.63, 3.8) is 0 Å². The fraction of sp³-hybridized carbons (Fsp3) is 0.455. The molecule has 1 aliphatic heterocycles. The summed E-state index contributed by atoms with van der Waals surface area (Å²) < 4.78 is 0. The lowest BCUT2D eigenvalue weighted by Crippen LogP contribution is -2.27. The van der Waals surface area contributed by atoms with E-state index in [1.165, 1.54) is 5.56 Å². The third kappa shape index (κ3) is 1.68. The molecule has 0 saturated heterocycles. The lowest BCUT2D eigenvalue weighted by atomic mass is 10.0. The summed E-state index contributed by atoms with van der Waals surface area (Å²) in [5.74, 6) is 0.0912. The normalized spacial score (nSPS) is 16.4. The summed E-state index contributed by atoms with van der Waals surface area (Å²) in [6, 6.07) is 1.97. The van der Waals surface area contributed by atoms with Crippen molar-refractivity contribution in [1.29, 1.82) is 0 Å². The minimum Gasteiger partial charge on any atom is -0.302 e. The van der Waals surface area contributed by atoms with Crippen LogP contribution < -0.4 is 0 Å². The van der Waals surface area contributed by atoms with Crippen LogP contribution in [0.4, 0.5) is 0 Å². The summed E-state index contributed by atoms with van der Waals surface area (Å²) >= 11 is 0. The van der Waals surface area contributed by atoms with Gasteiger partial charge in [0.2, 0.25) is 0 Å². The number of hydrogen-bond acceptors (Lipinski definition) is 3. The van der Waals surface area contributed by atoms with E-state index in [1.54, 1.807) is 13.1 Å². The SMILES string of the molecule is CC(=O)c1cnc2c(c1)CN(C)CC2. The number of rotatable bonds is 1. The van der Waals surface area contributed by atoms with Crippen molar-refractivity contribution in [3.8, 4) is 0 Å². The van der Waals surface area contributed by atoms with Gasteiger partial charge in [-0.25, -0.2) is 0 Å². The number of aromatic nitrogens is 1. The van der Waals surface area contributed by atoms with Crippen LogP contribution >= 0.6 is 0 Å². The Morgan fingerprint density at radius 3 is 3.07 bits per heavy atom. The minimum atomic E-state index is 0.0912. The second-order valence-corrected chi connectivity index (χ2v) is 3.87. The Kier molecular flexibility index (Phi) is 2.33. The molecule has 0 unspecified atom stereocenters. The Balaban J connectivity index is 2.37. The molecule has 0 aromatic carbocycles. The molecular formula is C11H14N2O. The van der Waals surface area contributed by atoms with E-state index < -0.39 is 0 Å². The molecule has 0 fully saturated rings. The van der Waals surface area contributed by atoms with Crippen molar-refractivity contribution in [1.82, 2.24) is 9.88 Å². The first kappa shape index (κ1) is 9.34. The summed E-state index contributed by atoms with van der Waals surface area (Å²) in [5.41, 5.74) is 3.07. The maximum Gasteiger partial charge on any atom is 0.161 e. The molecule has 14 heavy (non-hydrogen) atoms. The molecule has 2 heterocycles. The second kappa shape index (κ2) is 3.50. The number of carbonyl (C=O) groups is 1. The molecule has 1 aromatic heterocycles. The number of hydrogen-bond donors (Lipinski definition) is 0. The van der Waals surface area contributed by atoms with E-state index in [4.69, 9.17) is 0 Å². The molecule has 0 amide bonds. The van der Waals surface area contributed by atoms with E-state index in [9.17, 15) is 4.79 Å². The van der Waals surface area contributed by atoms with Crippen molar-refractivity contribution in [2.75, 3.05) is 13.6 Å². The molecule has 3 nitrogen and oxygen atoms in total. The molecule has 0 bridgehead atoms. The first-order valence-corrected chi connectivity index (χ1v) is 4.84. The van der Waals surface area contributed by atoms with Crippen LogP contribution in [0.25, 0.3) is 0 Å². The summed E-state index contributed by atoms with van der Waals surface area (Å²) in [7, 11) is 2.09. The smallest absolute Gasteiger partial charge is 0.161 e. The number of pyridine rings is 1. The summed E-state index contributed by atoms with van der Waals surface area (Å²) in [6.07, 6.45) is 2.68. The zero-order chi connectivity index (χ0) is 10.1. The van der Waals surface area contributed by atoms with Gasteiger partial charge in [-0.3, -0.25) is 9.78 Å². The van der Waals surface area contributed by atoms with E-state index in [0.29, 0.717) is 0 Å². The zero-order valence-corrected chi connectivity index (χ0v) is 8.58. The molecule has 1 aromatic rings. The Labute approximate surface area is 83.8 Å². The van der Waals surface area contributed by atoms with Crippen molar-refractivity contribution in [2.45, 2.75) is 19.9 Å². The van der Waals surface area contributed by atoms with Gasteiger partial charge >= 0.3 is 0 Å². The van der Waals surface area contributed by atoms with Gasteiger partial charge in [-0.15, -0.1) is 0 Å². The molecule has 2 rings (SSSR count). The van der Waals surface area contributed by atoms with Crippen molar-refractivity contribution < 1.29 is 4.79 Å². The highest BCUT2D eigenvalue weighted by Gasteiger charge is 2.15. The van der Waals surface area contributed by atoms with Crippen LogP contribution in [0, 0.1) is 0 Å². The summed E-state index contributed by atoms with van der Waals surface area (Å²) in [6.45, 7) is 3.54. The first-order valence-electron chi connectivity index (χ1n) is 4.84. The highest BCUT2D eigenvalue weighted by molar-refractivity contribution is 5.93. The van der Waals surface area contributed by atoms with Gasteiger partial charge in [0.25, 0.3) is 0 Å². The fourth-order valence-electron chi connectivity index (χ4n) is 1.76. The topological polar surface area (TPSA) is 33.2 Å². The standard InChI is InChI=1S/C11H14N2O/c1-8(14)9-5-10-7-13(2)4-3-11(10)12-6-9/h5-6H,3-4,7H2,1-2H3. The Morgan fingerprint density at radius 1 is 1.57 bits per heavy atom. The highest BCUT2D eigenvalue weighted by Crippen LogP contribution is 2.16. The number of likely N-dealkylation sites (N-methyl/N-ethyl adjacent to an activating group) is 1. The van der Waals surface area contributed by atoms with Crippen LogP contribution in [0.3, 0.4) is 0 Å². The van der Waals surface area contributed by atoms with Crippen LogP contribution in [0.5, 0.6) is 0 Å². The molecule has 0 saturated carbocycles. The van der Waals surface area contributed by atoms with E-state index in [2.05, 4.69) is 16.9 Å². The van der Waals surface area contributed by atoms with Crippen molar-refractivity contribution in [3.05, 3.63) is 29.1 Å². The second-order valence-electron chi connectivity index (χ2n) is 3.87. The first-order chi connectivity index (χ1) is 6.66. The predicted molar refractivity (Wildman–Crippen MR) is 54.3 cm³/mol. The molecular weight excluding hydrogens is 176 g/mol. The van der Waals surface area contributed by atoms with Crippen molar-refractivity contribution >= 4 is 5.78 Å². The van der Waals surface area contributed by atoms with E-state index in [-0.39, 0.29) is 5.78 Å². The number of Topliss-reactive ketones (excluding diaryl/α,β-unsaturated/α-hetero) is 1. The van der Waals surface area contributed by atoms with Gasteiger partial charge in [0.15, 0.2) is 5.78 Å². The Hall–Kier alpha value is -1.22. The number of carbonyl (C=O) groups excluding carboxylic acids is 1. The largest absolute Gasteiger partial charge is 0.302 e. The molecule has 0 atom stereocenters. The van der Waals surface area contributed by atoms with Crippen LogP contribution in [-0.4, -0.2) is 29.3 Å². The Bertz CT molecular complexity index is 374. The van der Waals surface area contributed by atoms with Gasteiger partial charge in [-0.2, -0.15) is 0 Å². The maximum atomic E-state index is 11.2. The quantitative estimate of drug-likeness (QED) is 0.625. The molecule has 0 N–H and O–H groups in total. The third-order valence-electron chi connectivity index (χ3n) is 2.64. The minimum absolute atomic E-state index is 0.0912. The zero-order valence-electron chi connectivity index (χ0n) is 8.58. The number of nitrogens with zero attached hydrogens (tertiary/aromatic N) is 2. The van der Waals surface area contributed by atoms with Crippen LogP contribution in [-0.2, 0) is 13.0 Å². The molecule has 3 heteroatoms. The average molecular weight is 190 g/mol. The highest BCUT2D eigenvalue weighted by atomic mass is 16.1. The number of ketones is 1. The fourth-order valence-corrected chi connectivity index (χ4v) is 1.76. The van der Waals surface area contributed by atoms with E-state index in [1.807, 2.05) is 6.07 Å². The van der Waals surface area contributed by atoms with Crippen LogP contribution in [0.15, 0.2) is 12.3 Å². The van der Waals surface area contributed by atoms with Crippen LogP contribution in [0.2, 0.25) is 0 Å². The third-order valence-corrected chi connectivity index (χ3v) is 2.64. The van der Waals surface area contributed by atoms with Gasteiger partial charge < -0.3 is 4.90 Å². The monoisotopic (exact) mass is 190 g/mol. The lowest BCUT2D eigenvalue weighted by molar-refractivity contribution is 0.101. The van der Waals surface area contributed by atoms with Gasteiger partial charge in [0.05, 0.1) is 0 Å². The average Bonchev–Trinajstić information content (AvgIpc) is 2.16. The van der Waals surface area contributed by atoms with Gasteiger partial charge in [0.1, 0.15) is 0 Å². The van der Waals surface area contributed by atoms with E-state index in [0.717, 1.165) is 30.8 Å². The number of fused-ring (bicyclic) bond motifs is 1. The lowest BCUT2D eigenvalue weighted by Gasteiger charge is -2.24. The van der Waals surface area contributed by atoms with E-state index >= 15 is 0 Å². The Morgan fingerprint density at radius 2 is 2.36 bits per heavy atom. The van der Waals surface area contributed by atoms with Gasteiger partial charge in [-0.05, 0) is 25.6 Å². The molecule has 0 radical (unpaired) electrons.